The van der Waals surface area contributed by atoms with E-state index in [-0.39, 0.29) is 18.6 Å². The van der Waals surface area contributed by atoms with Crippen molar-refractivity contribution in [2.24, 2.45) is 0 Å². The number of ether oxygens (including phenoxy) is 1. The molecule has 1 aliphatic rings. The fourth-order valence-electron chi connectivity index (χ4n) is 3.19. The summed E-state index contributed by atoms with van der Waals surface area (Å²) in [5.41, 5.74) is 0.910. The fourth-order valence-corrected chi connectivity index (χ4v) is 4.71. The molecule has 152 valence electrons. The molecule has 0 aromatic heterocycles. The zero-order valence-corrected chi connectivity index (χ0v) is 16.7. The van der Waals surface area contributed by atoms with Gasteiger partial charge in [-0.2, -0.15) is 4.31 Å². The van der Waals surface area contributed by atoms with E-state index in [4.69, 9.17) is 9.84 Å². The molecular weight excluding hydrogens is 368 g/mol. The Kier molecular flexibility index (Phi) is 8.69. The van der Waals surface area contributed by atoms with E-state index in [0.29, 0.717) is 43.9 Å². The van der Waals surface area contributed by atoms with E-state index in [0.717, 1.165) is 24.8 Å². The maximum Gasteiger partial charge on any atom is 0.243 e. The number of aliphatic hydroxyl groups is 1. The minimum Gasteiger partial charge on any atom is -0.396 e. The molecule has 0 aliphatic carbocycles. The van der Waals surface area contributed by atoms with Crippen LogP contribution in [0.25, 0.3) is 0 Å². The molecule has 1 fully saturated rings. The van der Waals surface area contributed by atoms with Gasteiger partial charge in [0.1, 0.15) is 0 Å². The SMILES string of the molecule is COC[C@@H](CCO)NC(=O)CCc1ccc(S(=O)(=O)N2CCCCC2)cc1. The number of hydrogen-bond donors (Lipinski definition) is 2. The summed E-state index contributed by atoms with van der Waals surface area (Å²) in [6.07, 6.45) is 4.16. The van der Waals surface area contributed by atoms with E-state index in [1.807, 2.05) is 0 Å². The average molecular weight is 399 g/mol. The van der Waals surface area contributed by atoms with Gasteiger partial charge in [0.25, 0.3) is 0 Å². The molecule has 0 bridgehead atoms. The Bertz CT molecular complexity index is 679. The Hall–Kier alpha value is -1.48. The molecule has 1 heterocycles. The molecule has 0 saturated carbocycles. The van der Waals surface area contributed by atoms with Crippen molar-refractivity contribution in [1.82, 2.24) is 9.62 Å². The summed E-state index contributed by atoms with van der Waals surface area (Å²) in [5, 5.41) is 11.9. The van der Waals surface area contributed by atoms with Crippen LogP contribution in [0.5, 0.6) is 0 Å². The maximum absolute atomic E-state index is 12.6. The summed E-state index contributed by atoms with van der Waals surface area (Å²) in [6, 6.07) is 6.58. The molecule has 0 radical (unpaired) electrons. The van der Waals surface area contributed by atoms with E-state index < -0.39 is 10.0 Å². The number of carbonyl (C=O) groups excluding carboxylic acids is 1. The van der Waals surface area contributed by atoms with Crippen LogP contribution in [0, 0.1) is 0 Å². The van der Waals surface area contributed by atoms with Gasteiger partial charge in [-0.3, -0.25) is 4.79 Å². The van der Waals surface area contributed by atoms with Gasteiger partial charge in [0.05, 0.1) is 17.5 Å². The zero-order valence-electron chi connectivity index (χ0n) is 15.9. The summed E-state index contributed by atoms with van der Waals surface area (Å²) >= 11 is 0. The van der Waals surface area contributed by atoms with Gasteiger partial charge in [-0.05, 0) is 43.4 Å². The lowest BCUT2D eigenvalue weighted by atomic mass is 10.1. The lowest BCUT2D eigenvalue weighted by Crippen LogP contribution is -2.38. The van der Waals surface area contributed by atoms with Crippen LogP contribution in [-0.2, 0) is 26.0 Å². The van der Waals surface area contributed by atoms with Gasteiger partial charge in [0.15, 0.2) is 0 Å². The molecule has 0 unspecified atom stereocenters. The number of benzene rings is 1. The number of carbonyl (C=O) groups is 1. The lowest BCUT2D eigenvalue weighted by molar-refractivity contribution is -0.122. The van der Waals surface area contributed by atoms with E-state index >= 15 is 0 Å². The van der Waals surface area contributed by atoms with Crippen molar-refractivity contribution in [3.05, 3.63) is 29.8 Å². The third kappa shape index (κ3) is 6.57. The van der Waals surface area contributed by atoms with Crippen molar-refractivity contribution in [1.29, 1.82) is 0 Å². The molecule has 1 aromatic rings. The highest BCUT2D eigenvalue weighted by Gasteiger charge is 2.25. The normalized spacial score (nSPS) is 16.8. The molecule has 2 rings (SSSR count). The van der Waals surface area contributed by atoms with Gasteiger partial charge in [0, 0.05) is 33.2 Å². The first-order valence-corrected chi connectivity index (χ1v) is 10.9. The molecular formula is C19H30N2O5S. The third-order valence-electron chi connectivity index (χ3n) is 4.73. The number of methoxy groups -OCH3 is 1. The van der Waals surface area contributed by atoms with Crippen molar-refractivity contribution in [3.8, 4) is 0 Å². The first-order valence-electron chi connectivity index (χ1n) is 9.45. The van der Waals surface area contributed by atoms with Gasteiger partial charge < -0.3 is 15.2 Å². The molecule has 0 spiro atoms. The number of amides is 1. The summed E-state index contributed by atoms with van der Waals surface area (Å²) in [5.74, 6) is -0.115. The average Bonchev–Trinajstić information content (AvgIpc) is 2.68. The van der Waals surface area contributed by atoms with Crippen molar-refractivity contribution in [3.63, 3.8) is 0 Å². The smallest absolute Gasteiger partial charge is 0.243 e. The Labute approximate surface area is 161 Å². The van der Waals surface area contributed by atoms with Gasteiger partial charge in [-0.1, -0.05) is 18.6 Å². The van der Waals surface area contributed by atoms with Crippen molar-refractivity contribution in [2.75, 3.05) is 33.4 Å². The molecule has 7 nitrogen and oxygen atoms in total. The van der Waals surface area contributed by atoms with Gasteiger partial charge in [-0.25, -0.2) is 8.42 Å². The van der Waals surface area contributed by atoms with Crippen molar-refractivity contribution in [2.45, 2.75) is 49.5 Å². The van der Waals surface area contributed by atoms with Gasteiger partial charge in [0.2, 0.25) is 15.9 Å². The molecule has 1 saturated heterocycles. The van der Waals surface area contributed by atoms with Gasteiger partial charge >= 0.3 is 0 Å². The Morgan fingerprint density at radius 3 is 2.48 bits per heavy atom. The Morgan fingerprint density at radius 2 is 1.89 bits per heavy atom. The minimum absolute atomic E-state index is 0.0126. The Balaban J connectivity index is 1.88. The zero-order chi connectivity index (χ0) is 19.7. The summed E-state index contributed by atoms with van der Waals surface area (Å²) < 4.78 is 31.9. The van der Waals surface area contributed by atoms with Gasteiger partial charge in [-0.15, -0.1) is 0 Å². The highest BCUT2D eigenvalue weighted by atomic mass is 32.2. The first kappa shape index (κ1) is 21.8. The fraction of sp³-hybridized carbons (Fsp3) is 0.632. The highest BCUT2D eigenvalue weighted by Crippen LogP contribution is 2.21. The molecule has 27 heavy (non-hydrogen) atoms. The summed E-state index contributed by atoms with van der Waals surface area (Å²) in [6.45, 7) is 1.51. The van der Waals surface area contributed by atoms with Crippen LogP contribution in [0.15, 0.2) is 29.2 Å². The first-order chi connectivity index (χ1) is 13.0. The Morgan fingerprint density at radius 1 is 1.22 bits per heavy atom. The third-order valence-corrected chi connectivity index (χ3v) is 6.64. The van der Waals surface area contributed by atoms with Crippen LogP contribution in [0.1, 0.15) is 37.7 Å². The lowest BCUT2D eigenvalue weighted by Gasteiger charge is -2.25. The molecule has 1 atom stereocenters. The van der Waals surface area contributed by atoms with Crippen LogP contribution >= 0.6 is 0 Å². The van der Waals surface area contributed by atoms with E-state index in [1.165, 1.54) is 0 Å². The second-order valence-electron chi connectivity index (χ2n) is 6.84. The second-order valence-corrected chi connectivity index (χ2v) is 8.78. The van der Waals surface area contributed by atoms with Crippen LogP contribution in [0.2, 0.25) is 0 Å². The second kappa shape index (κ2) is 10.8. The predicted octanol–water partition coefficient (Wildman–Crippen LogP) is 1.31. The largest absolute Gasteiger partial charge is 0.396 e. The van der Waals surface area contributed by atoms with Crippen LogP contribution in [-0.4, -0.2) is 63.2 Å². The van der Waals surface area contributed by atoms with Crippen LogP contribution in [0.4, 0.5) is 0 Å². The van der Waals surface area contributed by atoms with E-state index in [9.17, 15) is 13.2 Å². The van der Waals surface area contributed by atoms with E-state index in [1.54, 1.807) is 35.7 Å². The van der Waals surface area contributed by atoms with Crippen molar-refractivity contribution < 1.29 is 23.1 Å². The number of nitrogens with one attached hydrogen (secondary N) is 1. The number of sulfonamides is 1. The molecule has 1 amide bonds. The maximum atomic E-state index is 12.6. The topological polar surface area (TPSA) is 95.9 Å². The van der Waals surface area contributed by atoms with E-state index in [2.05, 4.69) is 5.32 Å². The number of rotatable bonds is 10. The number of nitrogens with zero attached hydrogens (tertiary/aromatic N) is 1. The standard InChI is InChI=1S/C19H30N2O5S/c1-26-15-17(11-14-22)20-19(23)10-7-16-5-8-18(9-6-16)27(24,25)21-12-3-2-4-13-21/h5-6,8-9,17,22H,2-4,7,10-15H2,1H3,(H,20,23)/t17-/m1/s1. The predicted molar refractivity (Wildman–Crippen MR) is 103 cm³/mol. The molecule has 1 aliphatic heterocycles. The molecule has 1 aromatic carbocycles. The van der Waals surface area contributed by atoms with Crippen LogP contribution < -0.4 is 5.32 Å². The number of aryl methyl sites for hydroxylation is 1. The number of hydrogen-bond acceptors (Lipinski definition) is 5. The summed E-state index contributed by atoms with van der Waals surface area (Å²) in [4.78, 5) is 12.4. The monoisotopic (exact) mass is 398 g/mol. The minimum atomic E-state index is -3.42. The molecule has 8 heteroatoms. The summed E-state index contributed by atoms with van der Waals surface area (Å²) in [7, 11) is -1.87. The quantitative estimate of drug-likeness (QED) is 0.619. The number of piperidine rings is 1. The van der Waals surface area contributed by atoms with Crippen LogP contribution in [0.3, 0.4) is 0 Å². The highest BCUT2D eigenvalue weighted by molar-refractivity contribution is 7.89. The molecule has 2 N–H and O–H groups in total. The van der Waals surface area contributed by atoms with Crippen molar-refractivity contribution >= 4 is 15.9 Å². The number of aliphatic hydroxyl groups excluding tert-OH is 1.